The standard InChI is InChI=1S/C13H14N2S2/c1-2-4-13-11(3-1)12(5-6-17-13)14-7-10-8-16-9-15-10/h1-4,8-9,12,14H,5-7H2. The highest BCUT2D eigenvalue weighted by Gasteiger charge is 2.19. The molecule has 0 spiro atoms. The zero-order valence-corrected chi connectivity index (χ0v) is 11.1. The number of hydrogen-bond acceptors (Lipinski definition) is 4. The van der Waals surface area contributed by atoms with E-state index in [2.05, 4.69) is 39.9 Å². The number of hydrogen-bond donors (Lipinski definition) is 1. The molecule has 0 aliphatic carbocycles. The van der Waals surface area contributed by atoms with Gasteiger partial charge in [0.2, 0.25) is 0 Å². The molecule has 0 saturated carbocycles. The highest BCUT2D eigenvalue weighted by atomic mass is 32.2. The Bertz CT molecular complexity index is 482. The summed E-state index contributed by atoms with van der Waals surface area (Å²) < 4.78 is 0. The fraction of sp³-hybridized carbons (Fsp3) is 0.308. The Labute approximate surface area is 109 Å². The van der Waals surface area contributed by atoms with Crippen LogP contribution in [0.5, 0.6) is 0 Å². The number of nitrogens with zero attached hydrogens (tertiary/aromatic N) is 1. The van der Waals surface area contributed by atoms with Crippen molar-refractivity contribution in [3.8, 4) is 0 Å². The monoisotopic (exact) mass is 262 g/mol. The van der Waals surface area contributed by atoms with Crippen LogP contribution >= 0.6 is 23.1 Å². The fourth-order valence-corrected chi connectivity index (χ4v) is 3.79. The van der Waals surface area contributed by atoms with Gasteiger partial charge in [-0.2, -0.15) is 0 Å². The minimum absolute atomic E-state index is 0.481. The molecule has 0 radical (unpaired) electrons. The number of thiazole rings is 1. The second-order valence-corrected chi connectivity index (χ2v) is 5.94. The normalized spacial score (nSPS) is 18.9. The van der Waals surface area contributed by atoms with E-state index in [4.69, 9.17) is 0 Å². The number of nitrogens with one attached hydrogen (secondary N) is 1. The van der Waals surface area contributed by atoms with Crippen LogP contribution in [0.2, 0.25) is 0 Å². The van der Waals surface area contributed by atoms with Crippen molar-refractivity contribution < 1.29 is 0 Å². The van der Waals surface area contributed by atoms with Gasteiger partial charge in [0.15, 0.2) is 0 Å². The van der Waals surface area contributed by atoms with Crippen LogP contribution in [0, 0.1) is 0 Å². The molecule has 0 saturated heterocycles. The third-order valence-electron chi connectivity index (χ3n) is 2.97. The van der Waals surface area contributed by atoms with E-state index in [0.717, 1.165) is 12.2 Å². The van der Waals surface area contributed by atoms with Gasteiger partial charge in [-0.05, 0) is 23.8 Å². The van der Waals surface area contributed by atoms with Gasteiger partial charge >= 0.3 is 0 Å². The van der Waals surface area contributed by atoms with Gasteiger partial charge < -0.3 is 5.32 Å². The maximum Gasteiger partial charge on any atom is 0.0795 e. The summed E-state index contributed by atoms with van der Waals surface area (Å²) >= 11 is 3.62. The van der Waals surface area contributed by atoms with Gasteiger partial charge in [0, 0.05) is 22.9 Å². The molecule has 1 unspecified atom stereocenters. The van der Waals surface area contributed by atoms with E-state index in [0.29, 0.717) is 6.04 Å². The van der Waals surface area contributed by atoms with Crippen molar-refractivity contribution in [1.29, 1.82) is 0 Å². The molecule has 1 aliphatic heterocycles. The van der Waals surface area contributed by atoms with E-state index in [1.54, 1.807) is 11.3 Å². The zero-order valence-electron chi connectivity index (χ0n) is 9.43. The Morgan fingerprint density at radius 3 is 3.18 bits per heavy atom. The van der Waals surface area contributed by atoms with Gasteiger partial charge in [-0.15, -0.1) is 23.1 Å². The average Bonchev–Trinajstić information content (AvgIpc) is 2.89. The van der Waals surface area contributed by atoms with E-state index in [-0.39, 0.29) is 0 Å². The molecule has 2 aromatic rings. The van der Waals surface area contributed by atoms with E-state index >= 15 is 0 Å². The van der Waals surface area contributed by atoms with Gasteiger partial charge in [0.05, 0.1) is 11.2 Å². The summed E-state index contributed by atoms with van der Waals surface area (Å²) in [5, 5.41) is 5.72. The average molecular weight is 262 g/mol. The molecule has 3 rings (SSSR count). The van der Waals surface area contributed by atoms with Crippen LogP contribution in [0.15, 0.2) is 40.1 Å². The van der Waals surface area contributed by atoms with Crippen molar-refractivity contribution >= 4 is 23.1 Å². The predicted molar refractivity (Wildman–Crippen MR) is 73.5 cm³/mol. The largest absolute Gasteiger partial charge is 0.304 e. The van der Waals surface area contributed by atoms with E-state index in [1.807, 2.05) is 17.3 Å². The molecular weight excluding hydrogens is 248 g/mol. The highest BCUT2D eigenvalue weighted by molar-refractivity contribution is 7.99. The third-order valence-corrected chi connectivity index (χ3v) is 4.73. The first-order valence-electron chi connectivity index (χ1n) is 5.75. The van der Waals surface area contributed by atoms with Crippen molar-refractivity contribution in [2.24, 2.45) is 0 Å². The van der Waals surface area contributed by atoms with Gasteiger partial charge in [-0.25, -0.2) is 4.98 Å². The lowest BCUT2D eigenvalue weighted by atomic mass is 10.0. The van der Waals surface area contributed by atoms with Gasteiger partial charge in [0.1, 0.15) is 0 Å². The smallest absolute Gasteiger partial charge is 0.0795 e. The molecule has 1 aromatic carbocycles. The fourth-order valence-electron chi connectivity index (χ4n) is 2.11. The number of thioether (sulfide) groups is 1. The minimum atomic E-state index is 0.481. The quantitative estimate of drug-likeness (QED) is 0.917. The number of rotatable bonds is 3. The molecular formula is C13H14N2S2. The van der Waals surface area contributed by atoms with Crippen LogP contribution in [0.25, 0.3) is 0 Å². The summed E-state index contributed by atoms with van der Waals surface area (Å²) in [5.41, 5.74) is 4.48. The lowest BCUT2D eigenvalue weighted by Gasteiger charge is -2.25. The van der Waals surface area contributed by atoms with Gasteiger partial charge in [0.25, 0.3) is 0 Å². The van der Waals surface area contributed by atoms with Crippen LogP contribution in [0.1, 0.15) is 23.7 Å². The first kappa shape index (κ1) is 11.3. The molecule has 17 heavy (non-hydrogen) atoms. The molecule has 1 aliphatic rings. The van der Waals surface area contributed by atoms with Crippen molar-refractivity contribution in [3.05, 3.63) is 46.4 Å². The predicted octanol–water partition coefficient (Wildman–Crippen LogP) is 3.47. The lowest BCUT2D eigenvalue weighted by Crippen LogP contribution is -2.24. The van der Waals surface area contributed by atoms with Crippen molar-refractivity contribution in [1.82, 2.24) is 10.3 Å². The molecule has 0 amide bonds. The summed E-state index contributed by atoms with van der Waals surface area (Å²) in [6, 6.07) is 9.18. The van der Waals surface area contributed by atoms with Crippen molar-refractivity contribution in [2.75, 3.05) is 5.75 Å². The van der Waals surface area contributed by atoms with E-state index in [1.165, 1.54) is 22.6 Å². The first-order valence-corrected chi connectivity index (χ1v) is 7.68. The Morgan fingerprint density at radius 2 is 2.29 bits per heavy atom. The number of benzene rings is 1. The molecule has 1 N–H and O–H groups in total. The molecule has 2 heterocycles. The second kappa shape index (κ2) is 5.21. The van der Waals surface area contributed by atoms with Crippen LogP contribution in [-0.2, 0) is 6.54 Å². The van der Waals surface area contributed by atoms with Gasteiger partial charge in [-0.1, -0.05) is 18.2 Å². The zero-order chi connectivity index (χ0) is 11.5. The summed E-state index contributed by atoms with van der Waals surface area (Å²) in [6.07, 6.45) is 1.20. The molecule has 0 bridgehead atoms. The van der Waals surface area contributed by atoms with Crippen molar-refractivity contribution in [2.45, 2.75) is 23.9 Å². The lowest BCUT2D eigenvalue weighted by molar-refractivity contribution is 0.506. The maximum atomic E-state index is 4.31. The summed E-state index contributed by atoms with van der Waals surface area (Å²) in [7, 11) is 0. The van der Waals surface area contributed by atoms with E-state index in [9.17, 15) is 0 Å². The van der Waals surface area contributed by atoms with Crippen LogP contribution in [0.3, 0.4) is 0 Å². The molecule has 1 aromatic heterocycles. The highest BCUT2D eigenvalue weighted by Crippen LogP contribution is 2.35. The summed E-state index contributed by atoms with van der Waals surface area (Å²) in [6.45, 7) is 0.868. The molecule has 1 atom stereocenters. The molecule has 88 valence electrons. The topological polar surface area (TPSA) is 24.9 Å². The van der Waals surface area contributed by atoms with Crippen LogP contribution in [-0.4, -0.2) is 10.7 Å². The summed E-state index contributed by atoms with van der Waals surface area (Å²) in [4.78, 5) is 5.73. The Morgan fingerprint density at radius 1 is 1.35 bits per heavy atom. The SMILES string of the molecule is c1ccc2c(c1)SCCC2NCc1cscn1. The van der Waals surface area contributed by atoms with E-state index < -0.39 is 0 Å². The first-order chi connectivity index (χ1) is 8.43. The third kappa shape index (κ3) is 2.54. The Hall–Kier alpha value is -0.840. The van der Waals surface area contributed by atoms with Crippen LogP contribution < -0.4 is 5.32 Å². The Kier molecular flexibility index (Phi) is 3.45. The molecule has 0 fully saturated rings. The number of fused-ring (bicyclic) bond motifs is 1. The molecule has 4 heteroatoms. The maximum absolute atomic E-state index is 4.31. The summed E-state index contributed by atoms with van der Waals surface area (Å²) in [5.74, 6) is 1.20. The minimum Gasteiger partial charge on any atom is -0.304 e. The van der Waals surface area contributed by atoms with Crippen LogP contribution in [0.4, 0.5) is 0 Å². The van der Waals surface area contributed by atoms with Gasteiger partial charge in [-0.3, -0.25) is 0 Å². The molecule has 2 nitrogen and oxygen atoms in total. The second-order valence-electron chi connectivity index (χ2n) is 4.09. The number of aromatic nitrogens is 1. The Balaban J connectivity index is 1.72. The van der Waals surface area contributed by atoms with Crippen molar-refractivity contribution in [3.63, 3.8) is 0 Å².